The van der Waals surface area contributed by atoms with Crippen LogP contribution in [0.15, 0.2) is 54.7 Å². The molecular weight excluding hydrogens is 499 g/mol. The molecule has 0 aliphatic heterocycles. The minimum Gasteiger partial charge on any atom is -0.443 e. The Hall–Kier alpha value is -3.57. The molecule has 0 aliphatic rings. The number of pyridine rings is 1. The van der Waals surface area contributed by atoms with Gasteiger partial charge in [0, 0.05) is 24.5 Å². The van der Waals surface area contributed by atoms with Gasteiger partial charge in [-0.05, 0) is 75.1 Å². The Morgan fingerprint density at radius 3 is 2.43 bits per heavy atom. The van der Waals surface area contributed by atoms with Crippen LogP contribution in [-0.4, -0.2) is 37.5 Å². The third-order valence-corrected chi connectivity index (χ3v) is 6.17. The van der Waals surface area contributed by atoms with Gasteiger partial charge in [0.25, 0.3) is 0 Å². The standard InChI is InChI=1S/C26H31FN4O5S/c1-26(2,3)36-25(33)31-37(34,35)29-15-6-4-5-9-23(32)30-22-17-20(18-10-12-21(27)13-11-18)16-19-8-7-14-28-24(19)22/h7-8,10-14,16-17,29H,4-6,9,15H2,1-3H3,(H,30,32)(H,31,33). The SMILES string of the molecule is CC(C)(C)OC(=O)NS(=O)(=O)NCCCCCC(=O)Nc1cc(-c2ccc(F)cc2)cc2cccnc12. The summed E-state index contributed by atoms with van der Waals surface area (Å²) < 4.78 is 46.2. The van der Waals surface area contributed by atoms with Gasteiger partial charge in [-0.2, -0.15) is 13.1 Å². The average molecular weight is 531 g/mol. The number of ether oxygens (including phenoxy) is 1. The minimum absolute atomic E-state index is 0.105. The molecule has 0 aliphatic carbocycles. The van der Waals surface area contributed by atoms with Crippen molar-refractivity contribution < 1.29 is 27.1 Å². The first-order valence-electron chi connectivity index (χ1n) is 11.9. The molecule has 0 fully saturated rings. The van der Waals surface area contributed by atoms with E-state index in [1.165, 1.54) is 12.1 Å². The molecule has 0 radical (unpaired) electrons. The number of benzene rings is 2. The van der Waals surface area contributed by atoms with Crippen molar-refractivity contribution in [1.82, 2.24) is 14.4 Å². The smallest absolute Gasteiger partial charge is 0.422 e. The zero-order chi connectivity index (χ0) is 27.1. The Morgan fingerprint density at radius 1 is 1.00 bits per heavy atom. The molecule has 1 aromatic heterocycles. The van der Waals surface area contributed by atoms with Gasteiger partial charge in [-0.3, -0.25) is 9.78 Å². The number of carbonyl (C=O) groups excluding carboxylic acids is 2. The zero-order valence-electron chi connectivity index (χ0n) is 21.0. The topological polar surface area (TPSA) is 126 Å². The summed E-state index contributed by atoms with van der Waals surface area (Å²) in [5.41, 5.74) is 2.02. The number of nitrogens with zero attached hydrogens (tertiary/aromatic N) is 1. The third kappa shape index (κ3) is 9.10. The van der Waals surface area contributed by atoms with Gasteiger partial charge in [-0.15, -0.1) is 0 Å². The van der Waals surface area contributed by atoms with Crippen molar-refractivity contribution in [3.05, 3.63) is 60.5 Å². The summed E-state index contributed by atoms with van der Waals surface area (Å²) in [7, 11) is -4.03. The van der Waals surface area contributed by atoms with E-state index >= 15 is 0 Å². The van der Waals surface area contributed by atoms with Crippen LogP contribution in [0.4, 0.5) is 14.9 Å². The monoisotopic (exact) mass is 530 g/mol. The van der Waals surface area contributed by atoms with Crippen molar-refractivity contribution in [2.75, 3.05) is 11.9 Å². The molecular formula is C26H31FN4O5S. The molecule has 0 atom stereocenters. The molecule has 3 rings (SSSR count). The van der Waals surface area contributed by atoms with Crippen LogP contribution in [0, 0.1) is 5.82 Å². The van der Waals surface area contributed by atoms with Crippen molar-refractivity contribution in [2.45, 2.75) is 52.1 Å². The fourth-order valence-electron chi connectivity index (χ4n) is 3.55. The minimum atomic E-state index is -4.03. The van der Waals surface area contributed by atoms with Crippen LogP contribution in [0.2, 0.25) is 0 Å². The summed E-state index contributed by atoms with van der Waals surface area (Å²) in [5.74, 6) is -0.526. The largest absolute Gasteiger partial charge is 0.443 e. The predicted octanol–water partition coefficient (Wildman–Crippen LogP) is 4.90. The van der Waals surface area contributed by atoms with E-state index in [4.69, 9.17) is 4.74 Å². The summed E-state index contributed by atoms with van der Waals surface area (Å²) >= 11 is 0. The molecule has 0 saturated heterocycles. The molecule has 1 heterocycles. The van der Waals surface area contributed by atoms with Crippen molar-refractivity contribution in [3.63, 3.8) is 0 Å². The second kappa shape index (κ2) is 12.1. The van der Waals surface area contributed by atoms with Gasteiger partial charge >= 0.3 is 16.3 Å². The van der Waals surface area contributed by atoms with Crippen LogP contribution in [0.1, 0.15) is 46.5 Å². The van der Waals surface area contributed by atoms with Crippen LogP contribution in [0.5, 0.6) is 0 Å². The summed E-state index contributed by atoms with van der Waals surface area (Å²) in [5, 5.41) is 3.75. The van der Waals surface area contributed by atoms with Crippen molar-refractivity contribution >= 4 is 38.8 Å². The van der Waals surface area contributed by atoms with E-state index < -0.39 is 21.9 Å². The Balaban J connectivity index is 1.50. The number of fused-ring (bicyclic) bond motifs is 1. The molecule has 0 spiro atoms. The second-order valence-electron chi connectivity index (χ2n) is 9.47. The lowest BCUT2D eigenvalue weighted by atomic mass is 10.0. The predicted molar refractivity (Wildman–Crippen MR) is 141 cm³/mol. The first-order valence-corrected chi connectivity index (χ1v) is 13.4. The molecule has 3 N–H and O–H groups in total. The normalized spacial score (nSPS) is 11.8. The summed E-state index contributed by atoms with van der Waals surface area (Å²) in [6.45, 7) is 4.99. The van der Waals surface area contributed by atoms with Crippen LogP contribution >= 0.6 is 0 Å². The lowest BCUT2D eigenvalue weighted by molar-refractivity contribution is -0.116. The average Bonchev–Trinajstić information content (AvgIpc) is 2.80. The second-order valence-corrected chi connectivity index (χ2v) is 11.0. The van der Waals surface area contributed by atoms with Crippen molar-refractivity contribution in [2.24, 2.45) is 0 Å². The number of anilines is 1. The Kier molecular flexibility index (Phi) is 9.17. The maximum absolute atomic E-state index is 13.3. The lowest BCUT2D eigenvalue weighted by Gasteiger charge is -2.19. The van der Waals surface area contributed by atoms with Gasteiger partial charge in [0.2, 0.25) is 5.91 Å². The number of carbonyl (C=O) groups is 2. The van der Waals surface area contributed by atoms with E-state index in [0.717, 1.165) is 16.5 Å². The van der Waals surface area contributed by atoms with Crippen LogP contribution < -0.4 is 14.8 Å². The Morgan fingerprint density at radius 2 is 1.73 bits per heavy atom. The van der Waals surface area contributed by atoms with Crippen molar-refractivity contribution in [1.29, 1.82) is 0 Å². The van der Waals surface area contributed by atoms with Crippen molar-refractivity contribution in [3.8, 4) is 11.1 Å². The molecule has 37 heavy (non-hydrogen) atoms. The lowest BCUT2D eigenvalue weighted by Crippen LogP contribution is -2.43. The van der Waals surface area contributed by atoms with E-state index in [2.05, 4.69) is 15.0 Å². The number of nitrogens with one attached hydrogen (secondary N) is 3. The van der Waals surface area contributed by atoms with Crippen LogP contribution in [-0.2, 0) is 19.7 Å². The van der Waals surface area contributed by atoms with E-state index in [9.17, 15) is 22.4 Å². The molecule has 9 nitrogen and oxygen atoms in total. The van der Waals surface area contributed by atoms with Crippen LogP contribution in [0.3, 0.4) is 0 Å². The van der Waals surface area contributed by atoms with Gasteiger partial charge in [-0.25, -0.2) is 13.9 Å². The highest BCUT2D eigenvalue weighted by Gasteiger charge is 2.20. The number of amides is 2. The maximum Gasteiger partial charge on any atom is 0.422 e. The van der Waals surface area contributed by atoms with E-state index in [-0.39, 0.29) is 24.7 Å². The van der Waals surface area contributed by atoms with E-state index in [1.54, 1.807) is 49.9 Å². The Labute approximate surface area is 216 Å². The number of halogens is 1. The first-order chi connectivity index (χ1) is 17.4. The molecule has 2 amide bonds. The molecule has 0 unspecified atom stereocenters. The maximum atomic E-state index is 13.3. The molecule has 0 bridgehead atoms. The van der Waals surface area contributed by atoms with Gasteiger partial charge in [0.1, 0.15) is 11.4 Å². The quantitative estimate of drug-likeness (QED) is 0.320. The summed E-state index contributed by atoms with van der Waals surface area (Å²) in [6, 6.07) is 13.6. The number of hydrogen-bond acceptors (Lipinski definition) is 6. The Bertz CT molecular complexity index is 1360. The van der Waals surface area contributed by atoms with Gasteiger partial charge in [0.15, 0.2) is 0 Å². The highest BCUT2D eigenvalue weighted by Crippen LogP contribution is 2.30. The third-order valence-electron chi connectivity index (χ3n) is 5.15. The summed E-state index contributed by atoms with van der Waals surface area (Å²) in [4.78, 5) is 28.6. The first kappa shape index (κ1) is 28.0. The van der Waals surface area contributed by atoms with Gasteiger partial charge < -0.3 is 10.1 Å². The fraction of sp³-hybridized carbons (Fsp3) is 0.346. The molecule has 0 saturated carbocycles. The highest BCUT2D eigenvalue weighted by atomic mass is 32.2. The van der Waals surface area contributed by atoms with Gasteiger partial charge in [-0.1, -0.05) is 24.6 Å². The van der Waals surface area contributed by atoms with Gasteiger partial charge in [0.05, 0.1) is 11.2 Å². The fourth-order valence-corrected chi connectivity index (χ4v) is 4.29. The van der Waals surface area contributed by atoms with E-state index in [1.807, 2.05) is 18.2 Å². The highest BCUT2D eigenvalue weighted by molar-refractivity contribution is 7.88. The molecule has 3 aromatic rings. The number of unbranched alkanes of at least 4 members (excludes halogenated alkanes) is 2. The molecule has 198 valence electrons. The zero-order valence-corrected chi connectivity index (χ0v) is 21.8. The summed E-state index contributed by atoms with van der Waals surface area (Å²) in [6.07, 6.45) is 2.44. The number of rotatable bonds is 10. The number of aromatic nitrogens is 1. The van der Waals surface area contributed by atoms with E-state index in [0.29, 0.717) is 30.5 Å². The number of hydrogen-bond donors (Lipinski definition) is 3. The molecule has 2 aromatic carbocycles. The van der Waals surface area contributed by atoms with Crippen LogP contribution in [0.25, 0.3) is 22.0 Å². The molecule has 11 heteroatoms.